The second kappa shape index (κ2) is 5.15. The second-order valence-corrected chi connectivity index (χ2v) is 4.40. The molecule has 0 aliphatic rings. The van der Waals surface area contributed by atoms with Gasteiger partial charge in [-0.1, -0.05) is 6.08 Å². The van der Waals surface area contributed by atoms with Gasteiger partial charge in [0.2, 0.25) is 0 Å². The molecule has 0 aromatic carbocycles. The Bertz CT molecular complexity index is 201. The van der Waals surface area contributed by atoms with Gasteiger partial charge in [0.1, 0.15) is 5.60 Å². The second-order valence-electron chi connectivity index (χ2n) is 4.40. The maximum Gasteiger partial charge on any atom is 0.312 e. The molecule has 82 valence electrons. The van der Waals surface area contributed by atoms with Gasteiger partial charge in [-0.2, -0.15) is 0 Å². The number of aliphatic hydroxyl groups is 1. The Morgan fingerprint density at radius 2 is 2.07 bits per heavy atom. The third-order valence-corrected chi connectivity index (χ3v) is 1.71. The fourth-order valence-corrected chi connectivity index (χ4v) is 1.05. The number of rotatable bonds is 4. The Balaban J connectivity index is 4.37. The van der Waals surface area contributed by atoms with E-state index in [9.17, 15) is 9.90 Å². The summed E-state index contributed by atoms with van der Waals surface area (Å²) in [5, 5.41) is 9.36. The quantitative estimate of drug-likeness (QED) is 0.557. The summed E-state index contributed by atoms with van der Waals surface area (Å²) in [6.07, 6.45) is 1.34. The molecule has 1 N–H and O–H groups in total. The zero-order chi connectivity index (χ0) is 11.4. The molecule has 0 unspecified atom stereocenters. The summed E-state index contributed by atoms with van der Waals surface area (Å²) in [5.41, 5.74) is -0.509. The maximum absolute atomic E-state index is 11.6. The van der Waals surface area contributed by atoms with Crippen molar-refractivity contribution in [2.45, 2.75) is 45.8 Å². The van der Waals surface area contributed by atoms with Crippen molar-refractivity contribution in [3.63, 3.8) is 0 Å². The molecule has 0 saturated heterocycles. The third-order valence-electron chi connectivity index (χ3n) is 1.71. The number of esters is 1. The maximum atomic E-state index is 11.6. The molecule has 0 amide bonds. The van der Waals surface area contributed by atoms with Gasteiger partial charge in [0, 0.05) is 0 Å². The fourth-order valence-electron chi connectivity index (χ4n) is 1.05. The Kier molecular flexibility index (Phi) is 4.85. The minimum Gasteiger partial charge on any atom is -0.460 e. The molecule has 0 heterocycles. The SMILES string of the molecule is C=CC[C@@H](C(=O)OC(C)(C)C)[C@H](C)O. The number of allylic oxidation sites excluding steroid dienone is 1. The zero-order valence-electron chi connectivity index (χ0n) is 9.41. The molecule has 0 saturated carbocycles. The van der Waals surface area contributed by atoms with E-state index in [0.29, 0.717) is 6.42 Å². The number of hydrogen-bond donors (Lipinski definition) is 1. The van der Waals surface area contributed by atoms with Crippen molar-refractivity contribution < 1.29 is 14.6 Å². The minimum absolute atomic E-state index is 0.368. The number of ether oxygens (including phenoxy) is 1. The highest BCUT2D eigenvalue weighted by Gasteiger charge is 2.27. The van der Waals surface area contributed by atoms with Crippen LogP contribution in [0, 0.1) is 5.92 Å². The summed E-state index contributed by atoms with van der Waals surface area (Å²) < 4.78 is 5.17. The van der Waals surface area contributed by atoms with Crippen LogP contribution in [0.3, 0.4) is 0 Å². The predicted octanol–water partition coefficient (Wildman–Crippen LogP) is 1.90. The van der Waals surface area contributed by atoms with E-state index in [1.54, 1.807) is 33.8 Å². The average molecular weight is 200 g/mol. The van der Waals surface area contributed by atoms with E-state index in [0.717, 1.165) is 0 Å². The summed E-state index contributed by atoms with van der Waals surface area (Å²) in [6, 6.07) is 0. The first-order valence-corrected chi connectivity index (χ1v) is 4.79. The minimum atomic E-state index is -0.706. The van der Waals surface area contributed by atoms with Gasteiger partial charge in [-0.05, 0) is 34.1 Å². The Morgan fingerprint density at radius 3 is 2.36 bits per heavy atom. The lowest BCUT2D eigenvalue weighted by Gasteiger charge is -2.24. The molecule has 0 aromatic heterocycles. The van der Waals surface area contributed by atoms with Crippen molar-refractivity contribution >= 4 is 5.97 Å². The third kappa shape index (κ3) is 5.02. The van der Waals surface area contributed by atoms with Gasteiger partial charge in [-0.15, -0.1) is 6.58 Å². The highest BCUT2D eigenvalue weighted by Crippen LogP contribution is 2.16. The van der Waals surface area contributed by atoms with Crippen LogP contribution in [0.25, 0.3) is 0 Å². The van der Waals surface area contributed by atoms with Gasteiger partial charge in [0.25, 0.3) is 0 Å². The highest BCUT2D eigenvalue weighted by molar-refractivity contribution is 5.73. The molecule has 0 aliphatic heterocycles. The number of carbonyl (C=O) groups excluding carboxylic acids is 1. The standard InChI is InChI=1S/C11H20O3/c1-6-7-9(8(2)12)10(13)14-11(3,4)5/h6,8-9,12H,1,7H2,2-5H3/t8-,9+/m0/s1. The summed E-state index contributed by atoms with van der Waals surface area (Å²) in [5.74, 6) is -0.876. The molecule has 3 heteroatoms. The first-order valence-electron chi connectivity index (χ1n) is 4.79. The molecular formula is C11H20O3. The first-order chi connectivity index (χ1) is 6.28. The van der Waals surface area contributed by atoms with Gasteiger partial charge in [-0.3, -0.25) is 4.79 Å². The van der Waals surface area contributed by atoms with Crippen molar-refractivity contribution in [3.8, 4) is 0 Å². The molecule has 3 nitrogen and oxygen atoms in total. The molecule has 14 heavy (non-hydrogen) atoms. The van der Waals surface area contributed by atoms with Crippen molar-refractivity contribution in [2.75, 3.05) is 0 Å². The zero-order valence-corrected chi connectivity index (χ0v) is 9.41. The van der Waals surface area contributed by atoms with E-state index < -0.39 is 17.6 Å². The van der Waals surface area contributed by atoms with E-state index in [-0.39, 0.29) is 5.97 Å². The largest absolute Gasteiger partial charge is 0.460 e. The Morgan fingerprint density at radius 1 is 1.57 bits per heavy atom. The van der Waals surface area contributed by atoms with Crippen molar-refractivity contribution in [2.24, 2.45) is 5.92 Å². The first kappa shape index (κ1) is 13.2. The van der Waals surface area contributed by atoms with E-state index in [4.69, 9.17) is 4.74 Å². The summed E-state index contributed by atoms with van der Waals surface area (Å²) in [6.45, 7) is 10.5. The van der Waals surface area contributed by atoms with E-state index in [1.165, 1.54) is 0 Å². The summed E-state index contributed by atoms with van der Waals surface area (Å²) in [4.78, 5) is 11.6. The fraction of sp³-hybridized carbons (Fsp3) is 0.727. The normalized spacial score (nSPS) is 15.8. The van der Waals surface area contributed by atoms with Crippen LogP contribution < -0.4 is 0 Å². The average Bonchev–Trinajstić information content (AvgIpc) is 1.95. The summed E-state index contributed by atoms with van der Waals surface area (Å²) in [7, 11) is 0. The van der Waals surface area contributed by atoms with Crippen molar-refractivity contribution in [1.82, 2.24) is 0 Å². The van der Waals surface area contributed by atoms with Crippen LogP contribution in [0.4, 0.5) is 0 Å². The number of hydrogen-bond acceptors (Lipinski definition) is 3. The van der Waals surface area contributed by atoms with Crippen LogP contribution in [-0.2, 0) is 9.53 Å². The molecule has 0 radical (unpaired) electrons. The van der Waals surface area contributed by atoms with Crippen LogP contribution in [0.15, 0.2) is 12.7 Å². The van der Waals surface area contributed by atoms with Crippen LogP contribution in [-0.4, -0.2) is 22.8 Å². The Labute approximate surface area is 85.8 Å². The van der Waals surface area contributed by atoms with Crippen LogP contribution in [0.2, 0.25) is 0 Å². The molecule has 0 spiro atoms. The van der Waals surface area contributed by atoms with Crippen molar-refractivity contribution in [1.29, 1.82) is 0 Å². The highest BCUT2D eigenvalue weighted by atomic mass is 16.6. The lowest BCUT2D eigenvalue weighted by Crippen LogP contribution is -2.33. The van der Waals surface area contributed by atoms with Gasteiger partial charge in [-0.25, -0.2) is 0 Å². The Hall–Kier alpha value is -0.830. The molecule has 0 fully saturated rings. The lowest BCUT2D eigenvalue weighted by atomic mass is 9.99. The van der Waals surface area contributed by atoms with Gasteiger partial charge in [0.15, 0.2) is 0 Å². The number of aliphatic hydroxyl groups excluding tert-OH is 1. The van der Waals surface area contributed by atoms with E-state index >= 15 is 0 Å². The van der Waals surface area contributed by atoms with E-state index in [1.807, 2.05) is 0 Å². The summed E-state index contributed by atoms with van der Waals surface area (Å²) >= 11 is 0. The van der Waals surface area contributed by atoms with Crippen LogP contribution >= 0.6 is 0 Å². The molecule has 0 rings (SSSR count). The molecule has 0 bridgehead atoms. The van der Waals surface area contributed by atoms with Gasteiger partial charge < -0.3 is 9.84 Å². The van der Waals surface area contributed by atoms with Gasteiger partial charge >= 0.3 is 5.97 Å². The van der Waals surface area contributed by atoms with Crippen molar-refractivity contribution in [3.05, 3.63) is 12.7 Å². The molecule has 0 aliphatic carbocycles. The molecule has 2 atom stereocenters. The topological polar surface area (TPSA) is 46.5 Å². The van der Waals surface area contributed by atoms with Crippen LogP contribution in [0.5, 0.6) is 0 Å². The molecular weight excluding hydrogens is 180 g/mol. The lowest BCUT2D eigenvalue weighted by molar-refractivity contribution is -0.163. The molecule has 0 aromatic rings. The number of carbonyl (C=O) groups is 1. The van der Waals surface area contributed by atoms with Crippen LogP contribution in [0.1, 0.15) is 34.1 Å². The predicted molar refractivity (Wildman–Crippen MR) is 55.8 cm³/mol. The smallest absolute Gasteiger partial charge is 0.312 e. The monoisotopic (exact) mass is 200 g/mol. The van der Waals surface area contributed by atoms with E-state index in [2.05, 4.69) is 6.58 Å². The van der Waals surface area contributed by atoms with Gasteiger partial charge in [0.05, 0.1) is 12.0 Å².